The third-order valence-corrected chi connectivity index (χ3v) is 3.38. The summed E-state index contributed by atoms with van der Waals surface area (Å²) in [5.41, 5.74) is 1.34. The fourth-order valence-electron chi connectivity index (χ4n) is 1.46. The molecule has 0 bridgehead atoms. The van der Waals surface area contributed by atoms with Gasteiger partial charge in [-0.3, -0.25) is 0 Å². The second-order valence-electron chi connectivity index (χ2n) is 3.80. The molecule has 16 heavy (non-hydrogen) atoms. The van der Waals surface area contributed by atoms with Gasteiger partial charge in [0.1, 0.15) is 0 Å². The Kier molecular flexibility index (Phi) is 6.53. The van der Waals surface area contributed by atoms with Crippen molar-refractivity contribution in [2.24, 2.45) is 0 Å². The van der Waals surface area contributed by atoms with Crippen molar-refractivity contribution < 1.29 is 4.74 Å². The van der Waals surface area contributed by atoms with Gasteiger partial charge >= 0.3 is 0 Å². The highest BCUT2D eigenvalue weighted by molar-refractivity contribution is 7.99. The van der Waals surface area contributed by atoms with E-state index in [-0.39, 0.29) is 0 Å². The molecule has 2 nitrogen and oxygen atoms in total. The summed E-state index contributed by atoms with van der Waals surface area (Å²) in [6.07, 6.45) is 1.17. The average Bonchev–Trinajstić information content (AvgIpc) is 2.34. The third-order valence-electron chi connectivity index (χ3n) is 2.42. The fraction of sp³-hybridized carbons (Fsp3) is 0.538. The van der Waals surface area contributed by atoms with Crippen LogP contribution in [-0.4, -0.2) is 19.6 Å². The highest BCUT2D eigenvalue weighted by Gasteiger charge is 2.03. The lowest BCUT2D eigenvalue weighted by Crippen LogP contribution is -2.19. The molecule has 1 aromatic rings. The van der Waals surface area contributed by atoms with Crippen LogP contribution in [0.4, 0.5) is 0 Å². The maximum Gasteiger partial charge on any atom is 0.0963 e. The van der Waals surface area contributed by atoms with Crippen LogP contribution in [-0.2, 0) is 4.74 Å². The van der Waals surface area contributed by atoms with Crippen molar-refractivity contribution in [3.8, 4) is 0 Å². The van der Waals surface area contributed by atoms with Crippen LogP contribution in [0.1, 0.15) is 31.9 Å². The van der Waals surface area contributed by atoms with Gasteiger partial charge in [0.2, 0.25) is 0 Å². The topological polar surface area (TPSA) is 21.3 Å². The third kappa shape index (κ3) is 4.56. The van der Waals surface area contributed by atoms with E-state index in [4.69, 9.17) is 4.74 Å². The number of methoxy groups -OCH3 is 1. The summed E-state index contributed by atoms with van der Waals surface area (Å²) in [7, 11) is 1.72. The molecule has 0 spiro atoms. The van der Waals surface area contributed by atoms with Gasteiger partial charge in [0.15, 0.2) is 0 Å². The first-order valence-electron chi connectivity index (χ1n) is 5.73. The number of thioether (sulfide) groups is 1. The Morgan fingerprint density at radius 2 is 2.00 bits per heavy atom. The van der Waals surface area contributed by atoms with Crippen molar-refractivity contribution in [2.75, 3.05) is 19.6 Å². The van der Waals surface area contributed by atoms with E-state index in [1.165, 1.54) is 16.9 Å². The maximum atomic E-state index is 5.03. The molecule has 0 radical (unpaired) electrons. The largest absolute Gasteiger partial charge is 0.374 e. The van der Waals surface area contributed by atoms with Gasteiger partial charge in [-0.15, -0.1) is 0 Å². The van der Waals surface area contributed by atoms with Gasteiger partial charge in [0.25, 0.3) is 0 Å². The summed E-state index contributed by atoms with van der Waals surface area (Å²) in [6.45, 7) is 5.46. The number of rotatable bonds is 7. The molecule has 1 N–H and O–H groups in total. The minimum Gasteiger partial charge on any atom is -0.374 e. The smallest absolute Gasteiger partial charge is 0.0963 e. The quantitative estimate of drug-likeness (QED) is 0.582. The number of nitrogens with one attached hydrogen (secondary N) is 1. The van der Waals surface area contributed by atoms with Gasteiger partial charge in [0.05, 0.1) is 5.94 Å². The second-order valence-corrected chi connectivity index (χ2v) is 4.79. The molecule has 0 amide bonds. The van der Waals surface area contributed by atoms with E-state index < -0.39 is 0 Å². The Bertz CT molecular complexity index is 286. The van der Waals surface area contributed by atoms with Crippen molar-refractivity contribution >= 4 is 11.8 Å². The standard InChI is InChI=1S/C13H21NOS/c1-4-9-14-11(2)12-5-7-13(8-6-12)16-10-15-3/h5-8,11,14H,4,9-10H2,1-3H3. The molecule has 0 heterocycles. The molecule has 0 saturated carbocycles. The average molecular weight is 239 g/mol. The lowest BCUT2D eigenvalue weighted by atomic mass is 10.1. The number of hydrogen-bond donors (Lipinski definition) is 1. The van der Waals surface area contributed by atoms with Gasteiger partial charge < -0.3 is 10.1 Å². The SMILES string of the molecule is CCCNC(C)c1ccc(SCOC)cc1. The van der Waals surface area contributed by atoms with E-state index in [0.29, 0.717) is 12.0 Å². The van der Waals surface area contributed by atoms with E-state index in [0.717, 1.165) is 6.54 Å². The normalized spacial score (nSPS) is 12.7. The van der Waals surface area contributed by atoms with Crippen molar-refractivity contribution in [2.45, 2.75) is 31.2 Å². The van der Waals surface area contributed by atoms with Gasteiger partial charge in [-0.25, -0.2) is 0 Å². The molecule has 90 valence electrons. The zero-order chi connectivity index (χ0) is 11.8. The molecule has 0 aliphatic heterocycles. The Balaban J connectivity index is 2.49. The molecule has 1 atom stereocenters. The molecule has 0 aliphatic carbocycles. The van der Waals surface area contributed by atoms with Crippen LogP contribution in [0.3, 0.4) is 0 Å². The molecular weight excluding hydrogens is 218 g/mol. The van der Waals surface area contributed by atoms with Gasteiger partial charge in [-0.05, 0) is 37.6 Å². The molecule has 1 unspecified atom stereocenters. The molecule has 0 fully saturated rings. The van der Waals surface area contributed by atoms with Crippen LogP contribution in [0.2, 0.25) is 0 Å². The first-order valence-corrected chi connectivity index (χ1v) is 6.71. The Hall–Kier alpha value is -0.510. The van der Waals surface area contributed by atoms with Crippen LogP contribution < -0.4 is 5.32 Å². The van der Waals surface area contributed by atoms with Crippen molar-refractivity contribution in [3.63, 3.8) is 0 Å². The molecule has 3 heteroatoms. The summed E-state index contributed by atoms with van der Waals surface area (Å²) in [5, 5.41) is 3.48. The fourth-order valence-corrected chi connectivity index (χ4v) is 2.04. The van der Waals surface area contributed by atoms with E-state index in [1.807, 2.05) is 0 Å². The minimum atomic E-state index is 0.432. The van der Waals surface area contributed by atoms with Crippen LogP contribution in [0.5, 0.6) is 0 Å². The number of benzene rings is 1. The highest BCUT2D eigenvalue weighted by Crippen LogP contribution is 2.20. The first-order chi connectivity index (χ1) is 7.77. The Labute approximate surface area is 103 Å². The lowest BCUT2D eigenvalue weighted by molar-refractivity contribution is 0.259. The van der Waals surface area contributed by atoms with Gasteiger partial charge in [0, 0.05) is 18.0 Å². The minimum absolute atomic E-state index is 0.432. The lowest BCUT2D eigenvalue weighted by Gasteiger charge is -2.13. The molecule has 0 aromatic heterocycles. The molecule has 1 rings (SSSR count). The van der Waals surface area contributed by atoms with Crippen LogP contribution in [0, 0.1) is 0 Å². The predicted molar refractivity (Wildman–Crippen MR) is 70.9 cm³/mol. The Morgan fingerprint density at radius 3 is 2.56 bits per heavy atom. The molecular formula is C13H21NOS. The van der Waals surface area contributed by atoms with Gasteiger partial charge in [-0.2, -0.15) is 0 Å². The summed E-state index contributed by atoms with van der Waals surface area (Å²) in [4.78, 5) is 1.26. The number of hydrogen-bond acceptors (Lipinski definition) is 3. The summed E-state index contributed by atoms with van der Waals surface area (Å²) >= 11 is 1.72. The summed E-state index contributed by atoms with van der Waals surface area (Å²) in [6, 6.07) is 9.12. The van der Waals surface area contributed by atoms with E-state index in [9.17, 15) is 0 Å². The molecule has 0 aliphatic rings. The van der Waals surface area contributed by atoms with E-state index >= 15 is 0 Å². The maximum absolute atomic E-state index is 5.03. The van der Waals surface area contributed by atoms with E-state index in [2.05, 4.69) is 43.4 Å². The zero-order valence-electron chi connectivity index (χ0n) is 10.3. The predicted octanol–water partition coefficient (Wildman–Crippen LogP) is 3.44. The second kappa shape index (κ2) is 7.71. The van der Waals surface area contributed by atoms with E-state index in [1.54, 1.807) is 18.9 Å². The molecule has 0 saturated heterocycles. The highest BCUT2D eigenvalue weighted by atomic mass is 32.2. The first kappa shape index (κ1) is 13.6. The Morgan fingerprint density at radius 1 is 1.31 bits per heavy atom. The monoisotopic (exact) mass is 239 g/mol. The summed E-state index contributed by atoms with van der Waals surface area (Å²) in [5.74, 6) is 0.711. The number of ether oxygens (including phenoxy) is 1. The van der Waals surface area contributed by atoms with Crippen molar-refractivity contribution in [1.29, 1.82) is 0 Å². The van der Waals surface area contributed by atoms with Crippen LogP contribution >= 0.6 is 11.8 Å². The van der Waals surface area contributed by atoms with Crippen LogP contribution in [0.15, 0.2) is 29.2 Å². The van der Waals surface area contributed by atoms with Gasteiger partial charge in [-0.1, -0.05) is 30.8 Å². The van der Waals surface area contributed by atoms with Crippen molar-refractivity contribution in [3.05, 3.63) is 29.8 Å². The van der Waals surface area contributed by atoms with Crippen LogP contribution in [0.25, 0.3) is 0 Å². The molecule has 1 aromatic carbocycles. The summed E-state index contributed by atoms with van der Waals surface area (Å²) < 4.78 is 5.03. The van der Waals surface area contributed by atoms with Crippen molar-refractivity contribution in [1.82, 2.24) is 5.32 Å². The zero-order valence-corrected chi connectivity index (χ0v) is 11.1.